The zero-order chi connectivity index (χ0) is 65.7. The van der Waals surface area contributed by atoms with Crippen molar-refractivity contribution in [1.82, 2.24) is 0 Å². The number of aliphatic hydroxyl groups is 1. The largest absolute Gasteiger partial charge is 0.472 e. The third kappa shape index (κ3) is 63.2. The Morgan fingerprint density at radius 1 is 0.326 bits per heavy atom. The minimum atomic E-state index is -4.95. The molecular weight excluding hydrogens is 1170 g/mol. The maximum atomic E-state index is 13.0. The maximum absolute atomic E-state index is 13.0. The van der Waals surface area contributed by atoms with Gasteiger partial charge in [-0.25, -0.2) is 9.13 Å². The van der Waals surface area contributed by atoms with Crippen LogP contribution in [0.5, 0.6) is 0 Å². The minimum Gasteiger partial charge on any atom is -0.462 e. The standard InChI is InChI=1S/C70H136O17P2/c1-7-10-12-14-16-18-20-22-23-24-26-28-30-34-42-48-54-69(74)86-65(58-80-67(72)52-46-40-33-29-27-25-21-19-17-15-13-11-8-2)60-84-88(76,77)82-56-64(71)57-83-89(78,79)85-61-66(87-70(75)55-49-43-35-31-32-38-44-50-62(4)5)59-81-68(73)53-47-41-37-36-39-45-51-63(6)9-3/h62-66,71H,7-61H2,1-6H3,(H,76,77)(H,78,79)/t63?,64-,65-,66-/m1/s1. The Morgan fingerprint density at radius 3 is 0.854 bits per heavy atom. The number of phosphoric acid groups is 2. The van der Waals surface area contributed by atoms with Crippen LogP contribution in [-0.4, -0.2) is 96.7 Å². The smallest absolute Gasteiger partial charge is 0.462 e. The normalized spacial score (nSPS) is 14.4. The lowest BCUT2D eigenvalue weighted by Gasteiger charge is -2.21. The number of hydrogen-bond acceptors (Lipinski definition) is 15. The number of carbonyl (C=O) groups is 4. The van der Waals surface area contributed by atoms with Crippen molar-refractivity contribution < 1.29 is 80.2 Å². The van der Waals surface area contributed by atoms with E-state index in [2.05, 4.69) is 41.5 Å². The van der Waals surface area contributed by atoms with Crippen LogP contribution in [0, 0.1) is 11.8 Å². The predicted octanol–water partition coefficient (Wildman–Crippen LogP) is 20.0. The molecule has 0 saturated carbocycles. The molecule has 19 heteroatoms. The molecule has 0 heterocycles. The first-order valence-corrected chi connectivity index (χ1v) is 39.5. The fourth-order valence-electron chi connectivity index (χ4n) is 10.6. The molecule has 3 unspecified atom stereocenters. The van der Waals surface area contributed by atoms with E-state index in [9.17, 15) is 43.2 Å². The van der Waals surface area contributed by atoms with E-state index >= 15 is 0 Å². The van der Waals surface area contributed by atoms with Crippen molar-refractivity contribution in [3.63, 3.8) is 0 Å². The Labute approximate surface area is 543 Å². The molecule has 0 aromatic heterocycles. The molecule has 89 heavy (non-hydrogen) atoms. The molecule has 0 fully saturated rings. The third-order valence-electron chi connectivity index (χ3n) is 16.6. The van der Waals surface area contributed by atoms with Crippen LogP contribution in [0.3, 0.4) is 0 Å². The summed E-state index contributed by atoms with van der Waals surface area (Å²) in [6.07, 6.45) is 47.3. The summed E-state index contributed by atoms with van der Waals surface area (Å²) in [6, 6.07) is 0. The molecule has 528 valence electrons. The average molecular weight is 1310 g/mol. The van der Waals surface area contributed by atoms with Crippen LogP contribution in [0.1, 0.15) is 356 Å². The van der Waals surface area contributed by atoms with Crippen LogP contribution in [-0.2, 0) is 65.4 Å². The van der Waals surface area contributed by atoms with E-state index in [1.807, 2.05) is 0 Å². The molecule has 0 rings (SSSR count). The Bertz CT molecular complexity index is 1740. The number of phosphoric ester groups is 2. The second-order valence-electron chi connectivity index (χ2n) is 26.0. The first-order chi connectivity index (χ1) is 42.9. The number of hydrogen-bond donors (Lipinski definition) is 3. The lowest BCUT2D eigenvalue weighted by atomic mass is 10.00. The predicted molar refractivity (Wildman–Crippen MR) is 358 cm³/mol. The summed E-state index contributed by atoms with van der Waals surface area (Å²) in [5.74, 6) is -0.699. The van der Waals surface area contributed by atoms with Gasteiger partial charge in [-0.3, -0.25) is 37.3 Å². The summed E-state index contributed by atoms with van der Waals surface area (Å²) < 4.78 is 68.3. The quantitative estimate of drug-likeness (QED) is 0.0222. The number of carbonyl (C=O) groups excluding carboxylic acids is 4. The minimum absolute atomic E-state index is 0.103. The van der Waals surface area contributed by atoms with E-state index in [-0.39, 0.29) is 25.7 Å². The lowest BCUT2D eigenvalue weighted by Crippen LogP contribution is -2.30. The highest BCUT2D eigenvalue weighted by Gasteiger charge is 2.30. The van der Waals surface area contributed by atoms with E-state index in [1.54, 1.807) is 0 Å². The molecule has 0 aliphatic carbocycles. The molecule has 0 spiro atoms. The van der Waals surface area contributed by atoms with Crippen LogP contribution in [0.25, 0.3) is 0 Å². The van der Waals surface area contributed by atoms with Gasteiger partial charge in [-0.1, -0.05) is 305 Å². The Kier molecular flexibility index (Phi) is 60.8. The van der Waals surface area contributed by atoms with Crippen molar-refractivity contribution in [2.24, 2.45) is 11.8 Å². The van der Waals surface area contributed by atoms with Crippen LogP contribution < -0.4 is 0 Å². The van der Waals surface area contributed by atoms with Crippen LogP contribution in [0.4, 0.5) is 0 Å². The summed E-state index contributed by atoms with van der Waals surface area (Å²) in [5, 5.41) is 10.6. The summed E-state index contributed by atoms with van der Waals surface area (Å²) in [5.41, 5.74) is 0. The zero-order valence-corrected chi connectivity index (χ0v) is 59.5. The third-order valence-corrected chi connectivity index (χ3v) is 18.5. The molecule has 0 aromatic rings. The van der Waals surface area contributed by atoms with Gasteiger partial charge in [0, 0.05) is 25.7 Å². The number of ether oxygens (including phenoxy) is 4. The highest BCUT2D eigenvalue weighted by Crippen LogP contribution is 2.45. The van der Waals surface area contributed by atoms with Crippen LogP contribution in [0.2, 0.25) is 0 Å². The summed E-state index contributed by atoms with van der Waals surface area (Å²) in [6.45, 7) is 9.45. The zero-order valence-electron chi connectivity index (χ0n) is 57.7. The maximum Gasteiger partial charge on any atom is 0.472 e. The van der Waals surface area contributed by atoms with E-state index in [4.69, 9.17) is 37.0 Å². The van der Waals surface area contributed by atoms with Gasteiger partial charge in [-0.2, -0.15) is 0 Å². The first kappa shape index (κ1) is 87.1. The number of unbranched alkanes of at least 4 members (excludes halogenated alkanes) is 38. The van der Waals surface area contributed by atoms with Crippen molar-refractivity contribution in [3.8, 4) is 0 Å². The van der Waals surface area contributed by atoms with Crippen LogP contribution >= 0.6 is 15.6 Å². The molecule has 0 aliphatic heterocycles. The topological polar surface area (TPSA) is 237 Å². The molecule has 6 atom stereocenters. The Morgan fingerprint density at radius 2 is 0.573 bits per heavy atom. The Balaban J connectivity index is 5.24. The molecule has 0 radical (unpaired) electrons. The SMILES string of the molecule is CCCCCCCCCCCCCCCCCCC(=O)O[C@H](COC(=O)CCCCCCCCCCCCCCC)COP(=O)(O)OC[C@@H](O)COP(=O)(O)OC[C@@H](COC(=O)CCCCCCCCC(C)CC)OC(=O)CCCCCCCCCC(C)C. The second kappa shape index (κ2) is 62.2. The highest BCUT2D eigenvalue weighted by atomic mass is 31.2. The number of rotatable bonds is 69. The molecular formula is C70H136O17P2. The van der Waals surface area contributed by atoms with Gasteiger partial charge in [0.1, 0.15) is 19.3 Å². The van der Waals surface area contributed by atoms with Gasteiger partial charge in [0.25, 0.3) is 0 Å². The summed E-state index contributed by atoms with van der Waals surface area (Å²) >= 11 is 0. The van der Waals surface area contributed by atoms with Crippen molar-refractivity contribution >= 4 is 39.5 Å². The van der Waals surface area contributed by atoms with Crippen molar-refractivity contribution in [1.29, 1.82) is 0 Å². The van der Waals surface area contributed by atoms with E-state index < -0.39 is 97.5 Å². The van der Waals surface area contributed by atoms with Gasteiger partial charge < -0.3 is 33.8 Å². The van der Waals surface area contributed by atoms with E-state index in [0.29, 0.717) is 31.6 Å². The van der Waals surface area contributed by atoms with Gasteiger partial charge >= 0.3 is 39.5 Å². The van der Waals surface area contributed by atoms with Gasteiger partial charge in [0.05, 0.1) is 26.4 Å². The molecule has 0 bridgehead atoms. The van der Waals surface area contributed by atoms with E-state index in [1.165, 1.54) is 167 Å². The summed E-state index contributed by atoms with van der Waals surface area (Å²) in [4.78, 5) is 72.5. The number of esters is 4. The van der Waals surface area contributed by atoms with Crippen molar-refractivity contribution in [2.75, 3.05) is 39.6 Å². The second-order valence-corrected chi connectivity index (χ2v) is 28.9. The van der Waals surface area contributed by atoms with Crippen molar-refractivity contribution in [2.45, 2.75) is 374 Å². The van der Waals surface area contributed by atoms with Gasteiger partial charge in [-0.15, -0.1) is 0 Å². The highest BCUT2D eigenvalue weighted by molar-refractivity contribution is 7.47. The molecule has 0 aliphatic rings. The molecule has 0 aromatic carbocycles. The lowest BCUT2D eigenvalue weighted by molar-refractivity contribution is -0.161. The fourth-order valence-corrected chi connectivity index (χ4v) is 12.1. The summed E-state index contributed by atoms with van der Waals surface area (Å²) in [7, 11) is -9.90. The molecule has 0 saturated heterocycles. The average Bonchev–Trinajstić information content (AvgIpc) is 3.57. The van der Waals surface area contributed by atoms with Gasteiger partial charge in [0.2, 0.25) is 0 Å². The number of aliphatic hydroxyl groups excluding tert-OH is 1. The van der Waals surface area contributed by atoms with E-state index in [0.717, 1.165) is 102 Å². The molecule has 17 nitrogen and oxygen atoms in total. The first-order valence-electron chi connectivity index (χ1n) is 36.5. The molecule has 3 N–H and O–H groups in total. The fraction of sp³-hybridized carbons (Fsp3) is 0.943. The Hall–Kier alpha value is -1.94. The van der Waals surface area contributed by atoms with Crippen LogP contribution in [0.15, 0.2) is 0 Å². The molecule has 0 amide bonds. The van der Waals surface area contributed by atoms with Crippen molar-refractivity contribution in [3.05, 3.63) is 0 Å². The van der Waals surface area contributed by atoms with Gasteiger partial charge in [-0.05, 0) is 37.5 Å². The van der Waals surface area contributed by atoms with Gasteiger partial charge in [0.15, 0.2) is 12.2 Å². The monoisotopic (exact) mass is 1310 g/mol.